The van der Waals surface area contributed by atoms with E-state index in [1.807, 2.05) is 16.9 Å². The summed E-state index contributed by atoms with van der Waals surface area (Å²) in [6, 6.07) is 1.94. The maximum absolute atomic E-state index is 4.54. The van der Waals surface area contributed by atoms with E-state index in [0.29, 0.717) is 0 Å². The number of nitrogens with zero attached hydrogens (tertiary/aromatic N) is 3. The summed E-state index contributed by atoms with van der Waals surface area (Å²) in [7, 11) is 0. The highest BCUT2D eigenvalue weighted by Crippen LogP contribution is 1.90. The average molecular weight is 379 g/mol. The summed E-state index contributed by atoms with van der Waals surface area (Å²) in [5.41, 5.74) is 0. The molecule has 0 atom stereocenters. The second-order valence-corrected chi connectivity index (χ2v) is 4.16. The van der Waals surface area contributed by atoms with E-state index >= 15 is 0 Å². The third kappa shape index (κ3) is 8.85. The number of aromatic nitrogens is 2. The van der Waals surface area contributed by atoms with Crippen LogP contribution in [0.1, 0.15) is 33.1 Å². The fourth-order valence-electron chi connectivity index (χ4n) is 1.58. The second-order valence-electron chi connectivity index (χ2n) is 4.16. The van der Waals surface area contributed by atoms with Gasteiger partial charge >= 0.3 is 0 Å². The molecule has 0 fully saturated rings. The summed E-state index contributed by atoms with van der Waals surface area (Å²) in [6.07, 6.45) is 7.17. The first-order chi connectivity index (χ1) is 8.86. The van der Waals surface area contributed by atoms with Crippen molar-refractivity contribution in [3.63, 3.8) is 0 Å². The highest BCUT2D eigenvalue weighted by Gasteiger charge is 1.96. The number of guanidine groups is 1. The predicted molar refractivity (Wildman–Crippen MR) is 91.1 cm³/mol. The summed E-state index contributed by atoms with van der Waals surface area (Å²) in [5, 5.41) is 10.8. The maximum Gasteiger partial charge on any atom is 0.191 e. The number of hydrogen-bond donors (Lipinski definition) is 2. The molecule has 6 heteroatoms. The zero-order chi connectivity index (χ0) is 13.1. The molecule has 0 aliphatic carbocycles. The number of nitrogens with one attached hydrogen (secondary N) is 2. The van der Waals surface area contributed by atoms with Gasteiger partial charge in [-0.25, -0.2) is 0 Å². The summed E-state index contributed by atoms with van der Waals surface area (Å²) in [5.74, 6) is 0.923. The second kappa shape index (κ2) is 12.3. The third-order valence-electron chi connectivity index (χ3n) is 2.54. The number of aryl methyl sites for hydroxylation is 1. The summed E-state index contributed by atoms with van der Waals surface area (Å²) < 4.78 is 1.94. The molecule has 2 N–H and O–H groups in total. The molecule has 110 valence electrons. The SMILES string of the molecule is CCCCNC(=NCCCn1cccn1)NCC.I. The molecule has 5 nitrogen and oxygen atoms in total. The van der Waals surface area contributed by atoms with Gasteiger partial charge in [0.2, 0.25) is 0 Å². The van der Waals surface area contributed by atoms with Crippen LogP contribution in [0.15, 0.2) is 23.5 Å². The fourth-order valence-corrected chi connectivity index (χ4v) is 1.58. The Morgan fingerprint density at radius 2 is 2.11 bits per heavy atom. The quantitative estimate of drug-likeness (QED) is 0.315. The largest absolute Gasteiger partial charge is 0.357 e. The van der Waals surface area contributed by atoms with E-state index in [1.165, 1.54) is 12.8 Å². The first kappa shape index (κ1) is 18.2. The van der Waals surface area contributed by atoms with Gasteiger partial charge in [0.15, 0.2) is 5.96 Å². The van der Waals surface area contributed by atoms with Crippen LogP contribution in [0.4, 0.5) is 0 Å². The zero-order valence-corrected chi connectivity index (χ0v) is 14.3. The van der Waals surface area contributed by atoms with E-state index in [0.717, 1.165) is 38.6 Å². The van der Waals surface area contributed by atoms with Crippen molar-refractivity contribution in [2.75, 3.05) is 19.6 Å². The minimum absolute atomic E-state index is 0. The maximum atomic E-state index is 4.54. The molecule has 0 aliphatic heterocycles. The van der Waals surface area contributed by atoms with E-state index in [2.05, 4.69) is 34.6 Å². The number of rotatable bonds is 8. The van der Waals surface area contributed by atoms with Crippen molar-refractivity contribution in [2.45, 2.75) is 39.7 Å². The Morgan fingerprint density at radius 3 is 2.74 bits per heavy atom. The van der Waals surface area contributed by atoms with Crippen LogP contribution in [-0.2, 0) is 6.54 Å². The molecule has 1 aromatic rings. The molecule has 0 radical (unpaired) electrons. The van der Waals surface area contributed by atoms with Crippen molar-refractivity contribution in [3.8, 4) is 0 Å². The van der Waals surface area contributed by atoms with Gasteiger partial charge in [-0.1, -0.05) is 13.3 Å². The van der Waals surface area contributed by atoms with Crippen LogP contribution < -0.4 is 10.6 Å². The number of hydrogen-bond acceptors (Lipinski definition) is 2. The van der Waals surface area contributed by atoms with E-state index in [9.17, 15) is 0 Å². The standard InChI is InChI=1S/C13H25N5.HI/c1-3-5-8-15-13(14-4-2)16-9-6-11-18-12-7-10-17-18;/h7,10,12H,3-6,8-9,11H2,1-2H3,(H2,14,15,16);1H. The van der Waals surface area contributed by atoms with Crippen molar-refractivity contribution >= 4 is 29.9 Å². The summed E-state index contributed by atoms with van der Waals surface area (Å²) in [6.45, 7) is 7.90. The lowest BCUT2D eigenvalue weighted by atomic mass is 10.3. The highest BCUT2D eigenvalue weighted by molar-refractivity contribution is 14.0. The Balaban J connectivity index is 0.00000324. The van der Waals surface area contributed by atoms with E-state index in [1.54, 1.807) is 6.20 Å². The lowest BCUT2D eigenvalue weighted by Gasteiger charge is -2.10. The van der Waals surface area contributed by atoms with Crippen LogP contribution in [0.2, 0.25) is 0 Å². The molecule has 0 unspecified atom stereocenters. The Morgan fingerprint density at radius 1 is 1.26 bits per heavy atom. The van der Waals surface area contributed by atoms with Gasteiger partial charge in [0, 0.05) is 38.6 Å². The van der Waals surface area contributed by atoms with Crippen molar-refractivity contribution in [3.05, 3.63) is 18.5 Å². The number of aliphatic imine (C=N–C) groups is 1. The molecule has 1 heterocycles. The van der Waals surface area contributed by atoms with E-state index in [-0.39, 0.29) is 24.0 Å². The van der Waals surface area contributed by atoms with Gasteiger partial charge in [-0.05, 0) is 25.8 Å². The number of unbranched alkanes of at least 4 members (excludes halogenated alkanes) is 1. The minimum atomic E-state index is 0. The van der Waals surface area contributed by atoms with Crippen molar-refractivity contribution in [1.29, 1.82) is 0 Å². The minimum Gasteiger partial charge on any atom is -0.357 e. The van der Waals surface area contributed by atoms with Gasteiger partial charge in [0.05, 0.1) is 0 Å². The lowest BCUT2D eigenvalue weighted by Crippen LogP contribution is -2.37. The van der Waals surface area contributed by atoms with Gasteiger partial charge in [-0.15, -0.1) is 24.0 Å². The van der Waals surface area contributed by atoms with Crippen LogP contribution in [0.5, 0.6) is 0 Å². The van der Waals surface area contributed by atoms with Gasteiger partial charge in [-0.3, -0.25) is 9.67 Å². The molecule has 0 aliphatic rings. The van der Waals surface area contributed by atoms with E-state index in [4.69, 9.17) is 0 Å². The molecule has 0 bridgehead atoms. The van der Waals surface area contributed by atoms with Crippen molar-refractivity contribution < 1.29 is 0 Å². The molecule has 0 saturated carbocycles. The first-order valence-electron chi connectivity index (χ1n) is 6.86. The van der Waals surface area contributed by atoms with Crippen LogP contribution in [0.25, 0.3) is 0 Å². The Kier molecular flexibility index (Phi) is 11.7. The topological polar surface area (TPSA) is 54.2 Å². The van der Waals surface area contributed by atoms with Gasteiger partial charge in [-0.2, -0.15) is 5.10 Å². The first-order valence-corrected chi connectivity index (χ1v) is 6.86. The van der Waals surface area contributed by atoms with Crippen molar-refractivity contribution in [1.82, 2.24) is 20.4 Å². The zero-order valence-electron chi connectivity index (χ0n) is 11.9. The molecule has 0 saturated heterocycles. The Labute approximate surface area is 133 Å². The third-order valence-corrected chi connectivity index (χ3v) is 2.54. The molecule has 0 aromatic carbocycles. The molecular formula is C13H26IN5. The van der Waals surface area contributed by atoms with Crippen LogP contribution in [-0.4, -0.2) is 35.4 Å². The molecular weight excluding hydrogens is 353 g/mol. The molecule has 0 spiro atoms. The predicted octanol–water partition coefficient (Wildman–Crippen LogP) is 2.25. The smallest absolute Gasteiger partial charge is 0.191 e. The summed E-state index contributed by atoms with van der Waals surface area (Å²) in [4.78, 5) is 4.54. The van der Waals surface area contributed by atoms with Gasteiger partial charge in [0.1, 0.15) is 0 Å². The Bertz CT molecular complexity index is 324. The monoisotopic (exact) mass is 379 g/mol. The van der Waals surface area contributed by atoms with Crippen LogP contribution >= 0.6 is 24.0 Å². The van der Waals surface area contributed by atoms with Crippen molar-refractivity contribution in [2.24, 2.45) is 4.99 Å². The van der Waals surface area contributed by atoms with Gasteiger partial charge < -0.3 is 10.6 Å². The normalized spacial score (nSPS) is 10.9. The van der Waals surface area contributed by atoms with Crippen LogP contribution in [0.3, 0.4) is 0 Å². The van der Waals surface area contributed by atoms with Crippen LogP contribution in [0, 0.1) is 0 Å². The Hall–Kier alpha value is -0.790. The molecule has 0 amide bonds. The molecule has 19 heavy (non-hydrogen) atoms. The fraction of sp³-hybridized carbons (Fsp3) is 0.692. The summed E-state index contributed by atoms with van der Waals surface area (Å²) >= 11 is 0. The van der Waals surface area contributed by atoms with Gasteiger partial charge in [0.25, 0.3) is 0 Å². The molecule has 1 rings (SSSR count). The lowest BCUT2D eigenvalue weighted by molar-refractivity contribution is 0.583. The average Bonchev–Trinajstić information content (AvgIpc) is 2.88. The van der Waals surface area contributed by atoms with E-state index < -0.39 is 0 Å². The number of halogens is 1. The highest BCUT2D eigenvalue weighted by atomic mass is 127. The molecule has 1 aromatic heterocycles.